The molecule has 0 unspecified atom stereocenters. The number of hydrogen-bond acceptors (Lipinski definition) is 5. The number of nitrogens with one attached hydrogen (secondary N) is 1. The number of amides is 1. The van der Waals surface area contributed by atoms with E-state index < -0.39 is 0 Å². The van der Waals surface area contributed by atoms with Crippen molar-refractivity contribution >= 4 is 39.2 Å². The molecule has 2 aromatic heterocycles. The second kappa shape index (κ2) is 7.19. The van der Waals surface area contributed by atoms with Crippen LogP contribution in [0.25, 0.3) is 15.9 Å². The number of fused-ring (bicyclic) bond motifs is 1. The quantitative estimate of drug-likeness (QED) is 0.562. The first kappa shape index (κ1) is 16.7. The van der Waals surface area contributed by atoms with Gasteiger partial charge in [-0.15, -0.1) is 11.3 Å². The Labute approximate surface area is 147 Å². The maximum Gasteiger partial charge on any atom is 0.276 e. The molecular weight excluding hydrogens is 342 g/mol. The van der Waals surface area contributed by atoms with E-state index in [4.69, 9.17) is 0 Å². The minimum absolute atomic E-state index is 0.0747. The van der Waals surface area contributed by atoms with E-state index in [9.17, 15) is 9.59 Å². The molecule has 0 fully saturated rings. The maximum absolute atomic E-state index is 12.9. The second-order valence-corrected chi connectivity index (χ2v) is 7.37. The van der Waals surface area contributed by atoms with Crippen LogP contribution in [0, 0.1) is 0 Å². The average Bonchev–Trinajstić information content (AvgIpc) is 3.02. The van der Waals surface area contributed by atoms with Gasteiger partial charge in [-0.25, -0.2) is 4.98 Å². The number of hydrogen-bond donors (Lipinski definition) is 1. The minimum atomic E-state index is -0.104. The lowest BCUT2D eigenvalue weighted by Crippen LogP contribution is -2.31. The normalized spacial score (nSPS) is 11.1. The van der Waals surface area contributed by atoms with Crippen LogP contribution in [0.3, 0.4) is 0 Å². The monoisotopic (exact) mass is 359 g/mol. The van der Waals surface area contributed by atoms with Crippen LogP contribution in [-0.4, -0.2) is 27.3 Å². The van der Waals surface area contributed by atoms with Crippen molar-refractivity contribution in [3.8, 4) is 5.69 Å². The van der Waals surface area contributed by atoms with Crippen molar-refractivity contribution in [1.29, 1.82) is 0 Å². The molecule has 0 aliphatic rings. The van der Waals surface area contributed by atoms with E-state index >= 15 is 0 Å². The van der Waals surface area contributed by atoms with Gasteiger partial charge in [0.15, 0.2) is 5.16 Å². The van der Waals surface area contributed by atoms with E-state index in [1.807, 2.05) is 55.6 Å². The van der Waals surface area contributed by atoms with Crippen molar-refractivity contribution in [3.63, 3.8) is 0 Å². The lowest BCUT2D eigenvalue weighted by Gasteiger charge is -2.12. The van der Waals surface area contributed by atoms with Gasteiger partial charge in [0.1, 0.15) is 4.70 Å². The third-order valence-corrected chi connectivity index (χ3v) is 5.08. The summed E-state index contributed by atoms with van der Waals surface area (Å²) in [6, 6.07) is 11.3. The average molecular weight is 359 g/mol. The lowest BCUT2D eigenvalue weighted by molar-refractivity contribution is -0.119. The molecule has 24 heavy (non-hydrogen) atoms. The highest BCUT2D eigenvalue weighted by Gasteiger charge is 2.15. The summed E-state index contributed by atoms with van der Waals surface area (Å²) in [7, 11) is 0. The summed E-state index contributed by atoms with van der Waals surface area (Å²) in [6.07, 6.45) is 0. The van der Waals surface area contributed by atoms with Gasteiger partial charge in [0.05, 0.1) is 17.0 Å². The number of thiophene rings is 1. The lowest BCUT2D eigenvalue weighted by atomic mass is 10.3. The first-order valence-electron chi connectivity index (χ1n) is 7.54. The molecule has 0 spiro atoms. The fourth-order valence-corrected chi connectivity index (χ4v) is 3.87. The molecule has 124 valence electrons. The Bertz CT molecular complexity index is 916. The molecule has 5 nitrogen and oxygen atoms in total. The third-order valence-electron chi connectivity index (χ3n) is 3.25. The largest absolute Gasteiger partial charge is 0.353 e. The highest BCUT2D eigenvalue weighted by atomic mass is 32.2. The SMILES string of the molecule is CC(C)NC(=O)CSc1nc2ccsc2c(=O)n1-c1ccccc1. The zero-order valence-electron chi connectivity index (χ0n) is 13.4. The van der Waals surface area contributed by atoms with Crippen molar-refractivity contribution < 1.29 is 4.79 Å². The first-order valence-corrected chi connectivity index (χ1v) is 9.40. The molecule has 0 saturated carbocycles. The smallest absolute Gasteiger partial charge is 0.276 e. The highest BCUT2D eigenvalue weighted by molar-refractivity contribution is 7.99. The van der Waals surface area contributed by atoms with E-state index in [1.165, 1.54) is 23.1 Å². The van der Waals surface area contributed by atoms with Crippen LogP contribution in [-0.2, 0) is 4.79 Å². The summed E-state index contributed by atoms with van der Waals surface area (Å²) >= 11 is 2.65. The number of para-hydroxylation sites is 1. The van der Waals surface area contributed by atoms with Gasteiger partial charge < -0.3 is 5.32 Å². The van der Waals surface area contributed by atoms with E-state index in [0.717, 1.165) is 5.69 Å². The van der Waals surface area contributed by atoms with Gasteiger partial charge in [-0.05, 0) is 37.4 Å². The molecule has 3 rings (SSSR count). The van der Waals surface area contributed by atoms with Gasteiger partial charge in [0.25, 0.3) is 5.56 Å². The Morgan fingerprint density at radius 1 is 1.29 bits per heavy atom. The number of thioether (sulfide) groups is 1. The van der Waals surface area contributed by atoms with Crippen LogP contribution in [0.2, 0.25) is 0 Å². The van der Waals surface area contributed by atoms with Gasteiger partial charge >= 0.3 is 0 Å². The number of carbonyl (C=O) groups is 1. The van der Waals surface area contributed by atoms with Gasteiger partial charge in [0, 0.05) is 6.04 Å². The fraction of sp³-hybridized carbons (Fsp3) is 0.235. The predicted octanol–water partition coefficient (Wildman–Crippen LogP) is 3.06. The van der Waals surface area contributed by atoms with Crippen molar-refractivity contribution in [2.45, 2.75) is 25.0 Å². The highest BCUT2D eigenvalue weighted by Crippen LogP contribution is 2.23. The van der Waals surface area contributed by atoms with E-state index in [-0.39, 0.29) is 23.3 Å². The van der Waals surface area contributed by atoms with Gasteiger partial charge in [-0.1, -0.05) is 30.0 Å². The van der Waals surface area contributed by atoms with Crippen LogP contribution in [0.5, 0.6) is 0 Å². The number of rotatable bonds is 5. The van der Waals surface area contributed by atoms with Crippen LogP contribution < -0.4 is 10.9 Å². The fourth-order valence-electron chi connectivity index (χ4n) is 2.29. The Kier molecular flexibility index (Phi) is 5.01. The number of benzene rings is 1. The molecular formula is C17H17N3O2S2. The molecule has 0 bridgehead atoms. The maximum atomic E-state index is 12.9. The molecule has 1 amide bonds. The van der Waals surface area contributed by atoms with Crippen LogP contribution >= 0.6 is 23.1 Å². The summed E-state index contributed by atoms with van der Waals surface area (Å²) in [5, 5.41) is 5.23. The van der Waals surface area contributed by atoms with Crippen LogP contribution in [0.4, 0.5) is 0 Å². The Morgan fingerprint density at radius 2 is 2.04 bits per heavy atom. The van der Waals surface area contributed by atoms with Gasteiger partial charge in [0.2, 0.25) is 5.91 Å². The van der Waals surface area contributed by atoms with Crippen molar-refractivity contribution in [3.05, 3.63) is 52.1 Å². The summed E-state index contributed by atoms with van der Waals surface area (Å²) < 4.78 is 2.20. The Balaban J connectivity index is 2.02. The summed E-state index contributed by atoms with van der Waals surface area (Å²) in [5.74, 6) is 0.141. The zero-order valence-corrected chi connectivity index (χ0v) is 15.0. The molecule has 0 saturated heterocycles. The summed E-state index contributed by atoms with van der Waals surface area (Å²) in [6.45, 7) is 3.83. The summed E-state index contributed by atoms with van der Waals surface area (Å²) in [5.41, 5.74) is 1.31. The standard InChI is InChI=1S/C17H17N3O2S2/c1-11(2)18-14(21)10-24-17-19-13-8-9-23-15(13)16(22)20(17)12-6-4-3-5-7-12/h3-9,11H,10H2,1-2H3,(H,18,21). The van der Waals surface area contributed by atoms with Crippen molar-refractivity contribution in [2.24, 2.45) is 0 Å². The molecule has 0 atom stereocenters. The third kappa shape index (κ3) is 3.52. The molecule has 0 radical (unpaired) electrons. The van der Waals surface area contributed by atoms with Crippen LogP contribution in [0.1, 0.15) is 13.8 Å². The molecule has 7 heteroatoms. The van der Waals surface area contributed by atoms with Crippen molar-refractivity contribution in [1.82, 2.24) is 14.9 Å². The van der Waals surface area contributed by atoms with Crippen molar-refractivity contribution in [2.75, 3.05) is 5.75 Å². The zero-order chi connectivity index (χ0) is 17.1. The first-order chi connectivity index (χ1) is 11.6. The summed E-state index contributed by atoms with van der Waals surface area (Å²) in [4.78, 5) is 29.4. The molecule has 0 aliphatic heterocycles. The predicted molar refractivity (Wildman–Crippen MR) is 99.2 cm³/mol. The number of carbonyl (C=O) groups excluding carboxylic acids is 1. The molecule has 0 aliphatic carbocycles. The Morgan fingerprint density at radius 3 is 2.75 bits per heavy atom. The second-order valence-electron chi connectivity index (χ2n) is 5.52. The van der Waals surface area contributed by atoms with Crippen LogP contribution in [0.15, 0.2) is 51.7 Å². The molecule has 1 aromatic carbocycles. The van der Waals surface area contributed by atoms with E-state index in [2.05, 4.69) is 10.3 Å². The van der Waals surface area contributed by atoms with Gasteiger partial charge in [-0.2, -0.15) is 0 Å². The number of aromatic nitrogens is 2. The van der Waals surface area contributed by atoms with E-state index in [0.29, 0.717) is 15.4 Å². The van der Waals surface area contributed by atoms with E-state index in [1.54, 1.807) is 4.57 Å². The van der Waals surface area contributed by atoms with Gasteiger partial charge in [-0.3, -0.25) is 14.2 Å². The minimum Gasteiger partial charge on any atom is -0.353 e. The number of nitrogens with zero attached hydrogens (tertiary/aromatic N) is 2. The Hall–Kier alpha value is -2.12. The molecule has 3 aromatic rings. The molecule has 1 N–H and O–H groups in total. The topological polar surface area (TPSA) is 64.0 Å². The molecule has 2 heterocycles.